The minimum atomic E-state index is -0.224. The molecule has 70 valence electrons. The van der Waals surface area contributed by atoms with Gasteiger partial charge >= 0.3 is 0 Å². The van der Waals surface area contributed by atoms with Crippen molar-refractivity contribution in [1.29, 1.82) is 0 Å². The molecule has 1 aromatic carbocycles. The van der Waals surface area contributed by atoms with Crippen molar-refractivity contribution in [1.82, 2.24) is 0 Å². The molecule has 0 spiro atoms. The normalized spacial score (nSPS) is 10.9. The van der Waals surface area contributed by atoms with Gasteiger partial charge in [-0.05, 0) is 24.1 Å². The van der Waals surface area contributed by atoms with Gasteiger partial charge in [0.25, 0.3) is 0 Å². The predicted molar refractivity (Wildman–Crippen MR) is 54.2 cm³/mol. The van der Waals surface area contributed by atoms with E-state index in [1.54, 1.807) is 18.3 Å². The molecule has 0 saturated heterocycles. The topological polar surface area (TPSA) is 12.4 Å². The monoisotopic (exact) mass is 199 g/mol. The average molecular weight is 200 g/mol. The van der Waals surface area contributed by atoms with Gasteiger partial charge in [-0.1, -0.05) is 12.1 Å². The molecule has 0 atom stereocenters. The van der Waals surface area contributed by atoms with Gasteiger partial charge in [0.05, 0.1) is 0 Å². The van der Waals surface area contributed by atoms with Crippen molar-refractivity contribution in [3.63, 3.8) is 0 Å². The second-order valence-electron chi connectivity index (χ2n) is 2.63. The van der Waals surface area contributed by atoms with Crippen LogP contribution >= 0.6 is 11.6 Å². The Morgan fingerprint density at radius 2 is 2.00 bits per heavy atom. The molecule has 0 aliphatic heterocycles. The lowest BCUT2D eigenvalue weighted by Gasteiger charge is -1.92. The molecule has 0 aliphatic carbocycles. The molecule has 0 radical (unpaired) electrons. The maximum absolute atomic E-state index is 12.5. The SMILES string of the molecule is Fc1ccc(C=NCCCCl)cc1. The molecule has 0 aliphatic rings. The van der Waals surface area contributed by atoms with E-state index in [0.29, 0.717) is 5.88 Å². The van der Waals surface area contributed by atoms with Gasteiger partial charge in [-0.2, -0.15) is 0 Å². The summed E-state index contributed by atoms with van der Waals surface area (Å²) >= 11 is 5.48. The van der Waals surface area contributed by atoms with Crippen LogP contribution in [0.5, 0.6) is 0 Å². The maximum Gasteiger partial charge on any atom is 0.123 e. The Bertz CT molecular complexity index is 269. The molecule has 0 saturated carbocycles. The van der Waals surface area contributed by atoms with Crippen LogP contribution in [0.25, 0.3) is 0 Å². The third-order valence-electron chi connectivity index (χ3n) is 1.53. The second kappa shape index (κ2) is 5.70. The Morgan fingerprint density at radius 3 is 2.62 bits per heavy atom. The molecule has 0 unspecified atom stereocenters. The highest BCUT2D eigenvalue weighted by Gasteiger charge is 1.88. The third kappa shape index (κ3) is 4.04. The van der Waals surface area contributed by atoms with E-state index < -0.39 is 0 Å². The molecular formula is C10H11ClFN. The van der Waals surface area contributed by atoms with Crippen molar-refractivity contribution >= 4 is 17.8 Å². The van der Waals surface area contributed by atoms with Crippen molar-refractivity contribution < 1.29 is 4.39 Å². The van der Waals surface area contributed by atoms with E-state index in [0.717, 1.165) is 18.5 Å². The van der Waals surface area contributed by atoms with Gasteiger partial charge in [0.1, 0.15) is 5.82 Å². The summed E-state index contributed by atoms with van der Waals surface area (Å²) in [6.45, 7) is 0.723. The Hall–Kier alpha value is -0.890. The summed E-state index contributed by atoms with van der Waals surface area (Å²) < 4.78 is 12.5. The van der Waals surface area contributed by atoms with Crippen LogP contribution in [0.15, 0.2) is 29.3 Å². The highest BCUT2D eigenvalue weighted by atomic mass is 35.5. The largest absolute Gasteiger partial charge is 0.293 e. The molecular weight excluding hydrogens is 189 g/mol. The fourth-order valence-corrected chi connectivity index (χ4v) is 0.989. The summed E-state index contributed by atoms with van der Waals surface area (Å²) in [5.41, 5.74) is 0.913. The lowest BCUT2D eigenvalue weighted by Crippen LogP contribution is -1.85. The van der Waals surface area contributed by atoms with E-state index in [2.05, 4.69) is 4.99 Å². The maximum atomic E-state index is 12.5. The highest BCUT2D eigenvalue weighted by molar-refractivity contribution is 6.17. The Labute approximate surface area is 82.3 Å². The fraction of sp³-hybridized carbons (Fsp3) is 0.300. The van der Waals surface area contributed by atoms with Crippen LogP contribution in [0.4, 0.5) is 4.39 Å². The zero-order valence-corrected chi connectivity index (χ0v) is 7.97. The number of halogens is 2. The van der Waals surface area contributed by atoms with Crippen LogP contribution in [0, 0.1) is 5.82 Å². The molecule has 1 rings (SSSR count). The number of benzene rings is 1. The van der Waals surface area contributed by atoms with Crippen molar-refractivity contribution in [3.8, 4) is 0 Å². The Balaban J connectivity index is 2.44. The number of rotatable bonds is 4. The lowest BCUT2D eigenvalue weighted by atomic mass is 10.2. The number of hydrogen-bond acceptors (Lipinski definition) is 1. The molecule has 1 nitrogen and oxygen atoms in total. The van der Waals surface area contributed by atoms with Crippen LogP contribution in [0.1, 0.15) is 12.0 Å². The molecule has 0 fully saturated rings. The smallest absolute Gasteiger partial charge is 0.123 e. The van der Waals surface area contributed by atoms with Crippen LogP contribution in [-0.4, -0.2) is 18.6 Å². The van der Waals surface area contributed by atoms with E-state index in [1.807, 2.05) is 0 Å². The van der Waals surface area contributed by atoms with Gasteiger partial charge in [-0.3, -0.25) is 4.99 Å². The summed E-state index contributed by atoms with van der Waals surface area (Å²) in [4.78, 5) is 4.13. The zero-order valence-electron chi connectivity index (χ0n) is 7.21. The molecule has 1 aromatic rings. The number of hydrogen-bond donors (Lipinski definition) is 0. The first-order chi connectivity index (χ1) is 6.33. The molecule has 0 heterocycles. The van der Waals surface area contributed by atoms with Crippen LogP contribution < -0.4 is 0 Å². The van der Waals surface area contributed by atoms with Gasteiger partial charge < -0.3 is 0 Å². The fourth-order valence-electron chi connectivity index (χ4n) is 0.870. The molecule has 0 aromatic heterocycles. The first-order valence-corrected chi connectivity index (χ1v) is 4.68. The van der Waals surface area contributed by atoms with Gasteiger partial charge in [-0.25, -0.2) is 4.39 Å². The Kier molecular flexibility index (Phi) is 4.47. The van der Waals surface area contributed by atoms with E-state index >= 15 is 0 Å². The van der Waals surface area contributed by atoms with Crippen molar-refractivity contribution in [3.05, 3.63) is 35.6 Å². The second-order valence-corrected chi connectivity index (χ2v) is 3.01. The summed E-state index contributed by atoms with van der Waals surface area (Å²) in [7, 11) is 0. The van der Waals surface area contributed by atoms with Crippen LogP contribution in [0.3, 0.4) is 0 Å². The van der Waals surface area contributed by atoms with Crippen LogP contribution in [-0.2, 0) is 0 Å². The molecule has 0 amide bonds. The van der Waals surface area contributed by atoms with E-state index in [-0.39, 0.29) is 5.82 Å². The van der Waals surface area contributed by atoms with Crippen molar-refractivity contribution in [2.24, 2.45) is 4.99 Å². The minimum absolute atomic E-state index is 0.224. The highest BCUT2D eigenvalue weighted by Crippen LogP contribution is 1.99. The van der Waals surface area contributed by atoms with E-state index in [1.165, 1.54) is 12.1 Å². The van der Waals surface area contributed by atoms with Crippen LogP contribution in [0.2, 0.25) is 0 Å². The summed E-state index contributed by atoms with van der Waals surface area (Å²) in [5, 5.41) is 0. The summed E-state index contributed by atoms with van der Waals surface area (Å²) in [6.07, 6.45) is 2.60. The van der Waals surface area contributed by atoms with E-state index in [9.17, 15) is 4.39 Å². The average Bonchev–Trinajstić information content (AvgIpc) is 2.15. The standard InChI is InChI=1S/C10H11ClFN/c11-6-1-7-13-8-9-2-4-10(12)5-3-9/h2-5,8H,1,6-7H2. The molecule has 13 heavy (non-hydrogen) atoms. The van der Waals surface area contributed by atoms with Gasteiger partial charge in [-0.15, -0.1) is 11.6 Å². The molecule has 3 heteroatoms. The van der Waals surface area contributed by atoms with Gasteiger partial charge in [0.15, 0.2) is 0 Å². The van der Waals surface area contributed by atoms with Gasteiger partial charge in [0.2, 0.25) is 0 Å². The number of aliphatic imine (C=N–C) groups is 1. The zero-order chi connectivity index (χ0) is 9.52. The predicted octanol–water partition coefficient (Wildman–Crippen LogP) is 2.87. The van der Waals surface area contributed by atoms with Gasteiger partial charge in [0, 0.05) is 18.6 Å². The van der Waals surface area contributed by atoms with E-state index in [4.69, 9.17) is 11.6 Å². The first kappa shape index (κ1) is 10.2. The Morgan fingerprint density at radius 1 is 1.31 bits per heavy atom. The molecule has 0 N–H and O–H groups in total. The first-order valence-electron chi connectivity index (χ1n) is 4.14. The van der Waals surface area contributed by atoms with Crippen molar-refractivity contribution in [2.45, 2.75) is 6.42 Å². The van der Waals surface area contributed by atoms with Crippen molar-refractivity contribution in [2.75, 3.05) is 12.4 Å². The number of alkyl halides is 1. The lowest BCUT2D eigenvalue weighted by molar-refractivity contribution is 0.628. The number of nitrogens with zero attached hydrogens (tertiary/aromatic N) is 1. The minimum Gasteiger partial charge on any atom is -0.293 e. The third-order valence-corrected chi connectivity index (χ3v) is 1.80. The molecule has 0 bridgehead atoms. The quantitative estimate of drug-likeness (QED) is 0.402. The summed E-state index contributed by atoms with van der Waals surface area (Å²) in [5.74, 6) is 0.402. The summed E-state index contributed by atoms with van der Waals surface area (Å²) in [6, 6.07) is 6.23.